The minimum Gasteiger partial charge on any atom is -0.461 e. The number of nitrogens with zero attached hydrogens (tertiary/aromatic N) is 2. The molecule has 72 valence electrons. The molecule has 0 spiro atoms. The average molecular weight is 183 g/mol. The van der Waals surface area contributed by atoms with E-state index in [0.29, 0.717) is 12.3 Å². The number of carbonyl (C=O) groups is 1. The first-order chi connectivity index (χ1) is 6.25. The molecule has 0 aliphatic carbocycles. The van der Waals surface area contributed by atoms with Crippen LogP contribution in [0.4, 0.5) is 0 Å². The number of hydrogen-bond donors (Lipinski definition) is 1. The topological polar surface area (TPSA) is 67.9 Å². The van der Waals surface area contributed by atoms with Crippen molar-refractivity contribution in [3.8, 4) is 0 Å². The second-order valence-electron chi connectivity index (χ2n) is 2.75. The fraction of sp³-hybridized carbons (Fsp3) is 0.625. The molecule has 1 rings (SSSR count). The van der Waals surface area contributed by atoms with Crippen LogP contribution in [-0.4, -0.2) is 28.0 Å². The Kier molecular flexibility index (Phi) is 3.42. The Morgan fingerprint density at radius 1 is 1.54 bits per heavy atom. The minimum atomic E-state index is -0.403. The van der Waals surface area contributed by atoms with Gasteiger partial charge in [-0.25, -0.2) is 4.79 Å². The van der Waals surface area contributed by atoms with Crippen molar-refractivity contribution in [2.45, 2.75) is 26.7 Å². The lowest BCUT2D eigenvalue weighted by Gasteiger charge is -2.00. The molecule has 1 N–H and O–H groups in total. The zero-order chi connectivity index (χ0) is 9.68. The van der Waals surface area contributed by atoms with Crippen LogP contribution >= 0.6 is 0 Å². The van der Waals surface area contributed by atoms with Crippen LogP contribution in [0.15, 0.2) is 0 Å². The quantitative estimate of drug-likeness (QED) is 0.560. The molecule has 1 aromatic heterocycles. The Bertz CT molecular complexity index is 283. The molecule has 0 radical (unpaired) electrons. The molecule has 0 atom stereocenters. The molecule has 0 amide bonds. The van der Waals surface area contributed by atoms with Gasteiger partial charge in [0, 0.05) is 0 Å². The van der Waals surface area contributed by atoms with Gasteiger partial charge in [0.2, 0.25) is 0 Å². The van der Waals surface area contributed by atoms with Crippen molar-refractivity contribution in [2.75, 3.05) is 6.61 Å². The largest absolute Gasteiger partial charge is 0.461 e. The Balaban J connectivity index is 2.45. The van der Waals surface area contributed by atoms with Crippen LogP contribution in [-0.2, 0) is 4.74 Å². The molecular weight excluding hydrogens is 170 g/mol. The summed E-state index contributed by atoms with van der Waals surface area (Å²) in [7, 11) is 0. The summed E-state index contributed by atoms with van der Waals surface area (Å²) in [6.45, 7) is 4.19. The van der Waals surface area contributed by atoms with Crippen LogP contribution in [0.25, 0.3) is 0 Å². The third kappa shape index (κ3) is 2.54. The summed E-state index contributed by atoms with van der Waals surface area (Å²) in [6, 6.07) is 0. The maximum atomic E-state index is 11.3. The van der Waals surface area contributed by atoms with Gasteiger partial charge >= 0.3 is 5.97 Å². The van der Waals surface area contributed by atoms with E-state index in [1.807, 2.05) is 6.92 Å². The van der Waals surface area contributed by atoms with Crippen molar-refractivity contribution in [1.82, 2.24) is 15.4 Å². The van der Waals surface area contributed by atoms with Crippen molar-refractivity contribution in [2.24, 2.45) is 0 Å². The number of esters is 1. The number of nitrogens with one attached hydrogen (secondary N) is 1. The van der Waals surface area contributed by atoms with Gasteiger partial charge in [-0.15, -0.1) is 5.10 Å². The number of unbranched alkanes of at least 4 members (excludes halogenated alkanes) is 1. The third-order valence-corrected chi connectivity index (χ3v) is 1.65. The molecule has 0 aliphatic rings. The Hall–Kier alpha value is -1.39. The van der Waals surface area contributed by atoms with Gasteiger partial charge in [0.1, 0.15) is 0 Å². The average Bonchev–Trinajstić information content (AvgIpc) is 2.52. The maximum absolute atomic E-state index is 11.3. The molecule has 5 nitrogen and oxygen atoms in total. The van der Waals surface area contributed by atoms with Gasteiger partial charge < -0.3 is 4.74 Å². The van der Waals surface area contributed by atoms with Crippen molar-refractivity contribution < 1.29 is 9.53 Å². The first kappa shape index (κ1) is 9.70. The smallest absolute Gasteiger partial charge is 0.360 e. The van der Waals surface area contributed by atoms with Crippen LogP contribution in [0.3, 0.4) is 0 Å². The van der Waals surface area contributed by atoms with E-state index in [9.17, 15) is 4.79 Å². The van der Waals surface area contributed by atoms with Crippen LogP contribution in [0, 0.1) is 6.92 Å². The molecule has 0 bridgehead atoms. The fourth-order valence-electron chi connectivity index (χ4n) is 0.855. The SMILES string of the molecule is CCCCOC(=O)c1n[nH]nc1C. The molecule has 5 heteroatoms. The summed E-state index contributed by atoms with van der Waals surface area (Å²) in [6.07, 6.45) is 1.88. The predicted molar refractivity (Wildman–Crippen MR) is 46.3 cm³/mol. The highest BCUT2D eigenvalue weighted by Crippen LogP contribution is 2.01. The van der Waals surface area contributed by atoms with Crippen LogP contribution in [0.2, 0.25) is 0 Å². The number of ether oxygens (including phenoxy) is 1. The van der Waals surface area contributed by atoms with E-state index in [1.165, 1.54) is 0 Å². The van der Waals surface area contributed by atoms with Gasteiger partial charge in [-0.2, -0.15) is 10.3 Å². The van der Waals surface area contributed by atoms with Gasteiger partial charge in [-0.3, -0.25) is 0 Å². The van der Waals surface area contributed by atoms with Gasteiger partial charge in [0.15, 0.2) is 5.69 Å². The molecule has 0 aliphatic heterocycles. The number of aromatic amines is 1. The highest BCUT2D eigenvalue weighted by Gasteiger charge is 2.13. The van der Waals surface area contributed by atoms with Crippen molar-refractivity contribution in [3.05, 3.63) is 11.4 Å². The van der Waals surface area contributed by atoms with E-state index in [1.54, 1.807) is 6.92 Å². The number of hydrogen-bond acceptors (Lipinski definition) is 4. The van der Waals surface area contributed by atoms with Crippen LogP contribution in [0.5, 0.6) is 0 Å². The van der Waals surface area contributed by atoms with Gasteiger partial charge in [-0.05, 0) is 13.3 Å². The molecule has 0 saturated heterocycles. The Morgan fingerprint density at radius 2 is 2.31 bits per heavy atom. The third-order valence-electron chi connectivity index (χ3n) is 1.65. The van der Waals surface area contributed by atoms with Crippen LogP contribution in [0.1, 0.15) is 35.9 Å². The zero-order valence-electron chi connectivity index (χ0n) is 7.83. The molecule has 0 saturated carbocycles. The Morgan fingerprint density at radius 3 is 2.85 bits per heavy atom. The molecular formula is C8H13N3O2. The van der Waals surface area contributed by atoms with E-state index in [2.05, 4.69) is 15.4 Å². The van der Waals surface area contributed by atoms with E-state index < -0.39 is 5.97 Å². The molecule has 1 heterocycles. The fourth-order valence-corrected chi connectivity index (χ4v) is 0.855. The summed E-state index contributed by atoms with van der Waals surface area (Å²) < 4.78 is 4.95. The highest BCUT2D eigenvalue weighted by molar-refractivity contribution is 5.88. The van der Waals surface area contributed by atoms with Crippen LogP contribution < -0.4 is 0 Å². The lowest BCUT2D eigenvalue weighted by Crippen LogP contribution is -2.08. The normalized spacial score (nSPS) is 10.0. The molecule has 1 aromatic rings. The molecule has 0 aromatic carbocycles. The minimum absolute atomic E-state index is 0.274. The number of H-pyrrole nitrogens is 1. The molecule has 0 fully saturated rings. The molecule has 0 unspecified atom stereocenters. The lowest BCUT2D eigenvalue weighted by molar-refractivity contribution is 0.0492. The second-order valence-corrected chi connectivity index (χ2v) is 2.75. The standard InChI is InChI=1S/C8H13N3O2/c1-3-4-5-13-8(12)7-6(2)9-11-10-7/h3-5H2,1-2H3,(H,9,10,11). The predicted octanol–water partition coefficient (Wildman–Crippen LogP) is 1.07. The monoisotopic (exact) mass is 183 g/mol. The second kappa shape index (κ2) is 4.59. The van der Waals surface area contributed by atoms with Gasteiger partial charge in [-0.1, -0.05) is 13.3 Å². The van der Waals surface area contributed by atoms with Crippen molar-refractivity contribution in [3.63, 3.8) is 0 Å². The first-order valence-corrected chi connectivity index (χ1v) is 4.30. The Labute approximate surface area is 76.5 Å². The van der Waals surface area contributed by atoms with E-state index in [0.717, 1.165) is 12.8 Å². The van der Waals surface area contributed by atoms with E-state index in [4.69, 9.17) is 4.74 Å². The highest BCUT2D eigenvalue weighted by atomic mass is 16.5. The maximum Gasteiger partial charge on any atom is 0.360 e. The summed E-state index contributed by atoms with van der Waals surface area (Å²) in [5.41, 5.74) is 0.845. The van der Waals surface area contributed by atoms with Gasteiger partial charge in [0.25, 0.3) is 0 Å². The van der Waals surface area contributed by atoms with E-state index in [-0.39, 0.29) is 5.69 Å². The molecule has 13 heavy (non-hydrogen) atoms. The number of aromatic nitrogens is 3. The number of carbonyl (C=O) groups excluding carboxylic acids is 1. The summed E-state index contributed by atoms with van der Waals surface area (Å²) in [5, 5.41) is 9.78. The van der Waals surface area contributed by atoms with E-state index >= 15 is 0 Å². The lowest BCUT2D eigenvalue weighted by atomic mass is 10.3. The number of rotatable bonds is 4. The summed E-state index contributed by atoms with van der Waals surface area (Å²) in [4.78, 5) is 11.3. The zero-order valence-corrected chi connectivity index (χ0v) is 7.83. The summed E-state index contributed by atoms with van der Waals surface area (Å²) >= 11 is 0. The number of aryl methyl sites for hydroxylation is 1. The first-order valence-electron chi connectivity index (χ1n) is 4.30. The van der Waals surface area contributed by atoms with Crippen molar-refractivity contribution in [1.29, 1.82) is 0 Å². The summed E-state index contributed by atoms with van der Waals surface area (Å²) in [5.74, 6) is -0.403. The van der Waals surface area contributed by atoms with Crippen molar-refractivity contribution >= 4 is 5.97 Å². The van der Waals surface area contributed by atoms with Gasteiger partial charge in [0.05, 0.1) is 12.3 Å².